The molecule has 0 heterocycles. The van der Waals surface area contributed by atoms with Gasteiger partial charge < -0.3 is 5.32 Å². The molecule has 24 heavy (non-hydrogen) atoms. The smallest absolute Gasteiger partial charge is 0.266 e. The van der Waals surface area contributed by atoms with Crippen LogP contribution >= 0.6 is 0 Å². The standard InChI is InChI=1S/C16H12FN3O3S/c17-13-3-1-2-11(9-13)8-12(10-18)16(21)20-14-4-6-15(7-5-14)24(19,22)23/h1-9H,(H,20,21)(H2,19,22,23)/b12-8+. The van der Waals surface area contributed by atoms with E-state index in [4.69, 9.17) is 10.4 Å². The summed E-state index contributed by atoms with van der Waals surface area (Å²) in [4.78, 5) is 12.0. The summed E-state index contributed by atoms with van der Waals surface area (Å²) >= 11 is 0. The molecule has 2 aromatic rings. The highest BCUT2D eigenvalue weighted by molar-refractivity contribution is 7.89. The van der Waals surface area contributed by atoms with Crippen LogP contribution < -0.4 is 10.5 Å². The van der Waals surface area contributed by atoms with E-state index in [-0.39, 0.29) is 16.2 Å². The fraction of sp³-hybridized carbons (Fsp3) is 0. The van der Waals surface area contributed by atoms with Crippen LogP contribution in [0.5, 0.6) is 0 Å². The molecular weight excluding hydrogens is 333 g/mol. The summed E-state index contributed by atoms with van der Waals surface area (Å²) in [5.74, 6) is -1.19. The van der Waals surface area contributed by atoms with Gasteiger partial charge in [0.25, 0.3) is 5.91 Å². The van der Waals surface area contributed by atoms with Crippen molar-refractivity contribution in [1.82, 2.24) is 0 Å². The second-order valence-corrected chi connectivity index (χ2v) is 6.31. The van der Waals surface area contributed by atoms with Gasteiger partial charge in [0.2, 0.25) is 10.0 Å². The van der Waals surface area contributed by atoms with Crippen molar-refractivity contribution in [2.45, 2.75) is 4.90 Å². The van der Waals surface area contributed by atoms with Crippen molar-refractivity contribution in [2.75, 3.05) is 5.32 Å². The number of nitriles is 1. The van der Waals surface area contributed by atoms with Gasteiger partial charge in [0.1, 0.15) is 17.5 Å². The monoisotopic (exact) mass is 345 g/mol. The highest BCUT2D eigenvalue weighted by Gasteiger charge is 2.11. The zero-order valence-electron chi connectivity index (χ0n) is 12.2. The summed E-state index contributed by atoms with van der Waals surface area (Å²) in [5, 5.41) is 16.5. The molecule has 0 bridgehead atoms. The topological polar surface area (TPSA) is 113 Å². The lowest BCUT2D eigenvalue weighted by Crippen LogP contribution is -2.14. The molecule has 8 heteroatoms. The molecular formula is C16H12FN3O3S. The van der Waals surface area contributed by atoms with Crippen LogP contribution in [-0.2, 0) is 14.8 Å². The summed E-state index contributed by atoms with van der Waals surface area (Å²) < 4.78 is 35.5. The Balaban J connectivity index is 2.20. The maximum absolute atomic E-state index is 13.1. The molecule has 0 unspecified atom stereocenters. The van der Waals surface area contributed by atoms with Gasteiger partial charge in [-0.1, -0.05) is 12.1 Å². The number of carbonyl (C=O) groups is 1. The number of rotatable bonds is 4. The molecule has 0 aliphatic rings. The van der Waals surface area contributed by atoms with Gasteiger partial charge in [-0.15, -0.1) is 0 Å². The van der Waals surface area contributed by atoms with Gasteiger partial charge in [-0.3, -0.25) is 4.79 Å². The lowest BCUT2D eigenvalue weighted by atomic mass is 10.1. The minimum Gasteiger partial charge on any atom is -0.321 e. The summed E-state index contributed by atoms with van der Waals surface area (Å²) in [6.45, 7) is 0. The number of nitrogens with zero attached hydrogens (tertiary/aromatic N) is 1. The van der Waals surface area contributed by atoms with Crippen LogP contribution in [0.25, 0.3) is 6.08 Å². The second kappa shape index (κ2) is 7.04. The van der Waals surface area contributed by atoms with Gasteiger partial charge in [-0.25, -0.2) is 17.9 Å². The van der Waals surface area contributed by atoms with Crippen LogP contribution in [0.15, 0.2) is 59.0 Å². The number of benzene rings is 2. The predicted molar refractivity (Wildman–Crippen MR) is 86.4 cm³/mol. The Morgan fingerprint density at radius 2 is 1.88 bits per heavy atom. The van der Waals surface area contributed by atoms with Crippen LogP contribution in [0.2, 0.25) is 0 Å². The summed E-state index contributed by atoms with van der Waals surface area (Å²) in [7, 11) is -3.83. The van der Waals surface area contributed by atoms with Gasteiger partial charge >= 0.3 is 0 Å². The first-order chi connectivity index (χ1) is 11.3. The molecule has 6 nitrogen and oxygen atoms in total. The fourth-order valence-corrected chi connectivity index (χ4v) is 2.35. The maximum atomic E-state index is 13.1. The first kappa shape index (κ1) is 17.3. The molecule has 0 spiro atoms. The van der Waals surface area contributed by atoms with Crippen LogP contribution in [0.3, 0.4) is 0 Å². The number of hydrogen-bond donors (Lipinski definition) is 2. The molecule has 0 radical (unpaired) electrons. The molecule has 122 valence electrons. The Morgan fingerprint density at radius 3 is 2.42 bits per heavy atom. The molecule has 1 amide bonds. The third-order valence-electron chi connectivity index (χ3n) is 2.97. The van der Waals surface area contributed by atoms with Crippen LogP contribution in [-0.4, -0.2) is 14.3 Å². The van der Waals surface area contributed by atoms with E-state index in [2.05, 4.69) is 5.32 Å². The third kappa shape index (κ3) is 4.49. The largest absolute Gasteiger partial charge is 0.321 e. The van der Waals surface area contributed by atoms with Crippen molar-refractivity contribution in [1.29, 1.82) is 5.26 Å². The molecule has 0 saturated heterocycles. The average Bonchev–Trinajstić information content (AvgIpc) is 2.52. The summed E-state index contributed by atoms with van der Waals surface area (Å²) in [6.07, 6.45) is 1.25. The van der Waals surface area contributed by atoms with E-state index < -0.39 is 21.7 Å². The fourth-order valence-electron chi connectivity index (χ4n) is 1.84. The van der Waals surface area contributed by atoms with Crippen LogP contribution in [0.4, 0.5) is 10.1 Å². The molecule has 0 aromatic heterocycles. The highest BCUT2D eigenvalue weighted by Crippen LogP contribution is 2.15. The Kier molecular flexibility index (Phi) is 5.08. The van der Waals surface area contributed by atoms with Crippen LogP contribution in [0.1, 0.15) is 5.56 Å². The van der Waals surface area contributed by atoms with E-state index in [1.807, 2.05) is 0 Å². The molecule has 2 aromatic carbocycles. The normalized spacial score (nSPS) is 11.6. The van der Waals surface area contributed by atoms with Crippen molar-refractivity contribution in [3.05, 3.63) is 65.5 Å². The van der Waals surface area contributed by atoms with Gasteiger partial charge in [0.15, 0.2) is 0 Å². The van der Waals surface area contributed by atoms with Gasteiger partial charge in [0, 0.05) is 5.69 Å². The van der Waals surface area contributed by atoms with E-state index in [9.17, 15) is 17.6 Å². The van der Waals surface area contributed by atoms with Crippen molar-refractivity contribution < 1.29 is 17.6 Å². The number of primary sulfonamides is 1. The first-order valence-electron chi connectivity index (χ1n) is 6.61. The number of anilines is 1. The minimum absolute atomic E-state index is 0.101. The third-order valence-corrected chi connectivity index (χ3v) is 3.89. The van der Waals surface area contributed by atoms with Crippen molar-refractivity contribution >= 4 is 27.7 Å². The lowest BCUT2D eigenvalue weighted by molar-refractivity contribution is -0.112. The minimum atomic E-state index is -3.83. The first-order valence-corrected chi connectivity index (χ1v) is 8.16. The number of halogens is 1. The number of sulfonamides is 1. The molecule has 0 atom stereocenters. The Morgan fingerprint density at radius 1 is 1.21 bits per heavy atom. The summed E-state index contributed by atoms with van der Waals surface area (Å²) in [6, 6.07) is 12.3. The average molecular weight is 345 g/mol. The summed E-state index contributed by atoms with van der Waals surface area (Å²) in [5.41, 5.74) is 0.426. The maximum Gasteiger partial charge on any atom is 0.266 e. The highest BCUT2D eigenvalue weighted by atomic mass is 32.2. The van der Waals surface area contributed by atoms with Crippen LogP contribution in [0, 0.1) is 17.1 Å². The molecule has 0 aliphatic carbocycles. The van der Waals surface area contributed by atoms with E-state index in [0.717, 1.165) is 0 Å². The molecule has 2 rings (SSSR count). The Bertz CT molecular complexity index is 945. The molecule has 0 saturated carbocycles. The SMILES string of the molecule is N#C/C(=C\c1cccc(F)c1)C(=O)Nc1ccc(S(N)(=O)=O)cc1. The number of hydrogen-bond acceptors (Lipinski definition) is 4. The van der Waals surface area contributed by atoms with E-state index >= 15 is 0 Å². The lowest BCUT2D eigenvalue weighted by Gasteiger charge is -2.05. The molecule has 3 N–H and O–H groups in total. The van der Waals surface area contributed by atoms with Crippen molar-refractivity contribution in [2.24, 2.45) is 5.14 Å². The quantitative estimate of drug-likeness (QED) is 0.652. The van der Waals surface area contributed by atoms with Gasteiger partial charge in [-0.2, -0.15) is 5.26 Å². The van der Waals surface area contributed by atoms with Crippen molar-refractivity contribution in [3.8, 4) is 6.07 Å². The van der Waals surface area contributed by atoms with E-state index in [0.29, 0.717) is 5.56 Å². The van der Waals surface area contributed by atoms with Gasteiger partial charge in [0.05, 0.1) is 4.90 Å². The molecule has 0 fully saturated rings. The Labute approximate surface area is 138 Å². The number of amides is 1. The van der Waals surface area contributed by atoms with E-state index in [1.165, 1.54) is 48.5 Å². The number of nitrogens with two attached hydrogens (primary N) is 1. The zero-order chi connectivity index (χ0) is 17.7. The van der Waals surface area contributed by atoms with E-state index in [1.54, 1.807) is 12.1 Å². The zero-order valence-corrected chi connectivity index (χ0v) is 13.0. The predicted octanol–water partition coefficient (Wildman–Crippen LogP) is 2.02. The molecule has 0 aliphatic heterocycles. The van der Waals surface area contributed by atoms with Gasteiger partial charge in [-0.05, 0) is 48.0 Å². The number of carbonyl (C=O) groups excluding carboxylic acids is 1. The second-order valence-electron chi connectivity index (χ2n) is 4.75. The Hall–Kier alpha value is -3.02. The number of nitrogens with one attached hydrogen (secondary N) is 1. The van der Waals surface area contributed by atoms with Crippen molar-refractivity contribution in [3.63, 3.8) is 0 Å².